The first-order valence-corrected chi connectivity index (χ1v) is 6.40. The fourth-order valence-electron chi connectivity index (χ4n) is 2.92. The molecule has 19 heavy (non-hydrogen) atoms. The molecule has 2 aliphatic heterocycles. The molecule has 106 valence electrons. The van der Waals surface area contributed by atoms with Crippen molar-refractivity contribution in [3.8, 4) is 0 Å². The lowest BCUT2D eigenvalue weighted by atomic mass is 9.66. The van der Waals surface area contributed by atoms with Crippen molar-refractivity contribution in [2.24, 2.45) is 5.41 Å². The quantitative estimate of drug-likeness (QED) is 0.710. The van der Waals surface area contributed by atoms with Crippen molar-refractivity contribution in [3.05, 3.63) is 11.3 Å². The first-order chi connectivity index (χ1) is 9.04. The molecule has 0 aromatic carbocycles. The zero-order valence-corrected chi connectivity index (χ0v) is 11.7. The first kappa shape index (κ1) is 13.9. The van der Waals surface area contributed by atoms with Crippen LogP contribution in [0.5, 0.6) is 0 Å². The Morgan fingerprint density at radius 2 is 1.84 bits per heavy atom. The van der Waals surface area contributed by atoms with E-state index >= 15 is 0 Å². The van der Waals surface area contributed by atoms with Crippen molar-refractivity contribution in [2.45, 2.75) is 32.7 Å². The Bertz CT molecular complexity index is 438. The van der Waals surface area contributed by atoms with Crippen LogP contribution in [0.25, 0.3) is 0 Å². The van der Waals surface area contributed by atoms with Crippen LogP contribution in [0.2, 0.25) is 0 Å². The number of carbonyl (C=O) groups is 2. The average molecular weight is 269 g/mol. The van der Waals surface area contributed by atoms with Crippen LogP contribution in [0, 0.1) is 5.41 Å². The van der Waals surface area contributed by atoms with Crippen LogP contribution in [0.3, 0.4) is 0 Å². The fraction of sp³-hybridized carbons (Fsp3) is 0.692. The minimum atomic E-state index is -0.643. The predicted octanol–water partition coefficient (Wildman–Crippen LogP) is 1.02. The number of nitrogens with zero attached hydrogens (tertiary/aromatic N) is 1. The van der Waals surface area contributed by atoms with Crippen LogP contribution in [0.1, 0.15) is 26.7 Å². The molecular weight excluding hydrogens is 250 g/mol. The second-order valence-corrected chi connectivity index (χ2v) is 4.86. The van der Waals surface area contributed by atoms with E-state index in [1.807, 2.05) is 0 Å². The summed E-state index contributed by atoms with van der Waals surface area (Å²) in [5.74, 6) is -1.21. The highest BCUT2D eigenvalue weighted by atomic mass is 16.7. The Labute approximate surface area is 112 Å². The summed E-state index contributed by atoms with van der Waals surface area (Å²) in [7, 11) is 2.56. The van der Waals surface area contributed by atoms with Gasteiger partial charge in [-0.05, 0) is 12.8 Å². The molecule has 0 bridgehead atoms. The standard InChI is InChI=1S/C13H19NO5/c1-5-13(6-2)7-14-10(13)8(11(15)17-3)9(19-14)12(16)18-4/h10H,5-7H2,1-4H3. The summed E-state index contributed by atoms with van der Waals surface area (Å²) in [6.45, 7) is 4.85. The molecule has 1 saturated heterocycles. The smallest absolute Gasteiger partial charge is 0.376 e. The summed E-state index contributed by atoms with van der Waals surface area (Å²) >= 11 is 0. The number of carbonyl (C=O) groups excluding carboxylic acids is 2. The molecule has 6 nitrogen and oxygen atoms in total. The number of hydrogen-bond acceptors (Lipinski definition) is 6. The van der Waals surface area contributed by atoms with Crippen LogP contribution in [0.15, 0.2) is 11.3 Å². The fourth-order valence-corrected chi connectivity index (χ4v) is 2.92. The highest BCUT2D eigenvalue weighted by molar-refractivity contribution is 6.00. The predicted molar refractivity (Wildman–Crippen MR) is 65.7 cm³/mol. The third kappa shape index (κ3) is 1.82. The van der Waals surface area contributed by atoms with Gasteiger partial charge in [0, 0.05) is 12.0 Å². The summed E-state index contributed by atoms with van der Waals surface area (Å²) in [5.41, 5.74) is 0.239. The highest BCUT2D eigenvalue weighted by Crippen LogP contribution is 2.51. The number of ether oxygens (including phenoxy) is 2. The molecule has 2 rings (SSSR count). The van der Waals surface area contributed by atoms with Gasteiger partial charge in [-0.3, -0.25) is 0 Å². The van der Waals surface area contributed by atoms with Gasteiger partial charge >= 0.3 is 11.9 Å². The van der Waals surface area contributed by atoms with Crippen LogP contribution >= 0.6 is 0 Å². The van der Waals surface area contributed by atoms with Crippen molar-refractivity contribution in [2.75, 3.05) is 20.8 Å². The number of methoxy groups -OCH3 is 2. The minimum absolute atomic E-state index is 0.0388. The Balaban J connectivity index is 2.42. The molecule has 0 aliphatic carbocycles. The van der Waals surface area contributed by atoms with E-state index in [0.29, 0.717) is 6.54 Å². The summed E-state index contributed by atoms with van der Waals surface area (Å²) in [4.78, 5) is 29.1. The normalized spacial score (nSPS) is 24.3. The first-order valence-electron chi connectivity index (χ1n) is 6.40. The van der Waals surface area contributed by atoms with Gasteiger partial charge in [0.25, 0.3) is 0 Å². The zero-order chi connectivity index (χ0) is 14.2. The van der Waals surface area contributed by atoms with E-state index in [-0.39, 0.29) is 22.8 Å². The molecule has 0 aromatic heterocycles. The third-order valence-corrected chi connectivity index (χ3v) is 4.25. The molecule has 0 radical (unpaired) electrons. The SMILES string of the molecule is CCC1(CC)CN2OC(C(=O)OC)=C(C(=O)OC)C21. The Morgan fingerprint density at radius 3 is 2.32 bits per heavy atom. The Hall–Kier alpha value is -1.56. The van der Waals surface area contributed by atoms with Crippen molar-refractivity contribution in [1.82, 2.24) is 5.06 Å². The molecule has 2 aliphatic rings. The summed E-state index contributed by atoms with van der Waals surface area (Å²) in [5, 5.41) is 1.66. The van der Waals surface area contributed by atoms with Gasteiger partial charge in [-0.25, -0.2) is 9.59 Å². The Kier molecular flexibility index (Phi) is 3.54. The summed E-state index contributed by atoms with van der Waals surface area (Å²) < 4.78 is 9.45. The van der Waals surface area contributed by atoms with Gasteiger partial charge in [-0.2, -0.15) is 0 Å². The third-order valence-electron chi connectivity index (χ3n) is 4.25. The molecular formula is C13H19NO5. The second-order valence-electron chi connectivity index (χ2n) is 4.86. The Morgan fingerprint density at radius 1 is 1.26 bits per heavy atom. The number of rotatable bonds is 4. The van der Waals surface area contributed by atoms with Crippen LogP contribution in [0.4, 0.5) is 0 Å². The number of fused-ring (bicyclic) bond motifs is 1. The van der Waals surface area contributed by atoms with Crippen molar-refractivity contribution in [1.29, 1.82) is 0 Å². The monoisotopic (exact) mass is 269 g/mol. The molecule has 1 atom stereocenters. The number of esters is 2. The van der Waals surface area contributed by atoms with E-state index in [1.165, 1.54) is 14.2 Å². The lowest BCUT2D eigenvalue weighted by molar-refractivity contribution is -0.238. The van der Waals surface area contributed by atoms with E-state index in [4.69, 9.17) is 9.57 Å². The minimum Gasteiger partial charge on any atom is -0.466 e. The zero-order valence-electron chi connectivity index (χ0n) is 11.7. The average Bonchev–Trinajstić information content (AvgIpc) is 2.74. The lowest BCUT2D eigenvalue weighted by Gasteiger charge is -2.52. The second kappa shape index (κ2) is 4.85. The van der Waals surface area contributed by atoms with Gasteiger partial charge in [0.15, 0.2) is 0 Å². The summed E-state index contributed by atoms with van der Waals surface area (Å²) in [6, 6.07) is -0.218. The number of hydroxylamine groups is 2. The van der Waals surface area contributed by atoms with Crippen LogP contribution in [-0.2, 0) is 23.9 Å². The molecule has 1 fully saturated rings. The van der Waals surface area contributed by atoms with E-state index < -0.39 is 11.9 Å². The molecule has 1 unspecified atom stereocenters. The maximum Gasteiger partial charge on any atom is 0.376 e. The van der Waals surface area contributed by atoms with Gasteiger partial charge in [-0.1, -0.05) is 13.8 Å². The van der Waals surface area contributed by atoms with E-state index in [0.717, 1.165) is 12.8 Å². The van der Waals surface area contributed by atoms with Crippen LogP contribution < -0.4 is 0 Å². The van der Waals surface area contributed by atoms with Gasteiger partial charge in [0.2, 0.25) is 5.76 Å². The van der Waals surface area contributed by atoms with E-state index in [1.54, 1.807) is 5.06 Å². The van der Waals surface area contributed by atoms with Crippen molar-refractivity contribution in [3.63, 3.8) is 0 Å². The molecule has 0 amide bonds. The molecule has 0 spiro atoms. The topological polar surface area (TPSA) is 65.1 Å². The van der Waals surface area contributed by atoms with E-state index in [2.05, 4.69) is 18.6 Å². The lowest BCUT2D eigenvalue weighted by Crippen LogP contribution is -2.62. The number of hydrogen-bond donors (Lipinski definition) is 0. The van der Waals surface area contributed by atoms with Crippen molar-refractivity contribution >= 4 is 11.9 Å². The maximum absolute atomic E-state index is 12.0. The maximum atomic E-state index is 12.0. The molecule has 2 heterocycles. The molecule has 0 N–H and O–H groups in total. The van der Waals surface area contributed by atoms with Gasteiger partial charge in [-0.15, -0.1) is 5.06 Å². The van der Waals surface area contributed by atoms with Gasteiger partial charge in [0.1, 0.15) is 5.57 Å². The van der Waals surface area contributed by atoms with E-state index in [9.17, 15) is 9.59 Å². The van der Waals surface area contributed by atoms with Crippen LogP contribution in [-0.4, -0.2) is 43.8 Å². The van der Waals surface area contributed by atoms with Crippen molar-refractivity contribution < 1.29 is 23.9 Å². The molecule has 0 saturated carbocycles. The summed E-state index contributed by atoms with van der Waals surface area (Å²) in [6.07, 6.45) is 1.81. The largest absolute Gasteiger partial charge is 0.466 e. The highest BCUT2D eigenvalue weighted by Gasteiger charge is 2.61. The molecule has 6 heteroatoms. The van der Waals surface area contributed by atoms with Gasteiger partial charge in [0.05, 0.1) is 20.3 Å². The molecule has 0 aromatic rings. The van der Waals surface area contributed by atoms with Gasteiger partial charge < -0.3 is 14.3 Å².